The average molecular weight is 359 g/mol. The van der Waals surface area contributed by atoms with Crippen molar-refractivity contribution in [2.45, 2.75) is 4.90 Å². The van der Waals surface area contributed by atoms with Gasteiger partial charge in [-0.1, -0.05) is 24.3 Å². The highest BCUT2D eigenvalue weighted by molar-refractivity contribution is 7.98. The molecule has 6 nitrogen and oxygen atoms in total. The normalized spacial score (nSPS) is 10.0. The van der Waals surface area contributed by atoms with E-state index in [4.69, 9.17) is 4.74 Å². The Morgan fingerprint density at radius 2 is 1.60 bits per heavy atom. The second-order valence-corrected chi connectivity index (χ2v) is 5.71. The fraction of sp³-hybridized carbons (Fsp3) is 0.167. The van der Waals surface area contributed by atoms with E-state index < -0.39 is 24.5 Å². The maximum atomic E-state index is 12.1. The highest BCUT2D eigenvalue weighted by atomic mass is 32.2. The lowest BCUT2D eigenvalue weighted by atomic mass is 10.2. The molecule has 0 aliphatic rings. The number of nitrogens with one attached hydrogen (secondary N) is 1. The van der Waals surface area contributed by atoms with E-state index in [0.717, 1.165) is 4.90 Å². The lowest BCUT2D eigenvalue weighted by Gasteiger charge is -2.10. The molecule has 2 aromatic carbocycles. The van der Waals surface area contributed by atoms with Crippen LogP contribution in [-0.4, -0.2) is 37.8 Å². The molecule has 2 rings (SSSR count). The number of hydrogen-bond acceptors (Lipinski definition) is 6. The number of anilines is 1. The van der Waals surface area contributed by atoms with Crippen molar-refractivity contribution >= 4 is 35.3 Å². The molecule has 0 saturated heterocycles. The first kappa shape index (κ1) is 18.5. The first-order valence-corrected chi connectivity index (χ1v) is 8.56. The number of carbonyl (C=O) groups is 3. The number of para-hydroxylation sites is 1. The van der Waals surface area contributed by atoms with Crippen LogP contribution in [0, 0.1) is 0 Å². The number of hydrogen-bond donors (Lipinski definition) is 1. The molecular weight excluding hydrogens is 342 g/mol. The standard InChI is InChI=1S/C18H17NO5S/c1-23-17(21)12-7-3-5-9-14(12)19-16(20)11-24-18(22)13-8-4-6-10-15(13)25-2/h3-10H,11H2,1-2H3,(H,19,20). The van der Waals surface area contributed by atoms with Gasteiger partial charge in [-0.3, -0.25) is 4.79 Å². The van der Waals surface area contributed by atoms with Gasteiger partial charge in [0.2, 0.25) is 0 Å². The summed E-state index contributed by atoms with van der Waals surface area (Å²) in [5, 5.41) is 2.54. The van der Waals surface area contributed by atoms with Crippen LogP contribution in [0.2, 0.25) is 0 Å². The summed E-state index contributed by atoms with van der Waals surface area (Å²) >= 11 is 1.42. The maximum absolute atomic E-state index is 12.1. The molecule has 0 aromatic heterocycles. The summed E-state index contributed by atoms with van der Waals surface area (Å²) in [7, 11) is 1.26. The van der Waals surface area contributed by atoms with Gasteiger partial charge in [0.1, 0.15) is 0 Å². The highest BCUT2D eigenvalue weighted by Gasteiger charge is 2.16. The molecule has 0 saturated carbocycles. The van der Waals surface area contributed by atoms with Crippen molar-refractivity contribution in [3.8, 4) is 0 Å². The van der Waals surface area contributed by atoms with Crippen molar-refractivity contribution in [2.75, 3.05) is 25.3 Å². The number of amides is 1. The molecule has 0 bridgehead atoms. The summed E-state index contributed by atoms with van der Waals surface area (Å²) < 4.78 is 9.71. The van der Waals surface area contributed by atoms with E-state index in [9.17, 15) is 14.4 Å². The third-order valence-electron chi connectivity index (χ3n) is 3.27. The van der Waals surface area contributed by atoms with Crippen molar-refractivity contribution < 1.29 is 23.9 Å². The molecule has 0 aliphatic carbocycles. The van der Waals surface area contributed by atoms with E-state index in [1.807, 2.05) is 12.3 Å². The van der Waals surface area contributed by atoms with Gasteiger partial charge in [-0.25, -0.2) is 9.59 Å². The van der Waals surface area contributed by atoms with E-state index in [-0.39, 0.29) is 5.56 Å². The van der Waals surface area contributed by atoms with Crippen LogP contribution < -0.4 is 5.32 Å². The minimum atomic E-state index is -0.582. The molecule has 0 aliphatic heterocycles. The zero-order valence-electron chi connectivity index (χ0n) is 13.8. The second-order valence-electron chi connectivity index (χ2n) is 4.86. The predicted molar refractivity (Wildman–Crippen MR) is 94.9 cm³/mol. The Labute approximate surface area is 149 Å². The number of carbonyl (C=O) groups excluding carboxylic acids is 3. The molecule has 0 atom stereocenters. The fourth-order valence-electron chi connectivity index (χ4n) is 2.09. The number of methoxy groups -OCH3 is 1. The minimum absolute atomic E-state index is 0.220. The van der Waals surface area contributed by atoms with Gasteiger partial charge in [0.05, 0.1) is 23.9 Å². The quantitative estimate of drug-likeness (QED) is 0.631. The Balaban J connectivity index is 2.00. The van der Waals surface area contributed by atoms with Gasteiger partial charge in [0, 0.05) is 4.90 Å². The number of ether oxygens (including phenoxy) is 2. The van der Waals surface area contributed by atoms with Crippen LogP contribution in [-0.2, 0) is 14.3 Å². The molecule has 0 spiro atoms. The summed E-state index contributed by atoms with van der Waals surface area (Å²) in [6, 6.07) is 13.4. The van der Waals surface area contributed by atoms with E-state index in [1.54, 1.807) is 36.4 Å². The van der Waals surface area contributed by atoms with Gasteiger partial charge in [-0.05, 0) is 30.5 Å². The Morgan fingerprint density at radius 3 is 2.28 bits per heavy atom. The molecule has 0 radical (unpaired) electrons. The molecule has 0 heterocycles. The average Bonchev–Trinajstić information content (AvgIpc) is 2.65. The highest BCUT2D eigenvalue weighted by Crippen LogP contribution is 2.20. The Morgan fingerprint density at radius 1 is 0.960 bits per heavy atom. The summed E-state index contributed by atoms with van der Waals surface area (Å²) in [6.07, 6.45) is 1.85. The van der Waals surface area contributed by atoms with E-state index in [2.05, 4.69) is 10.1 Å². The van der Waals surface area contributed by atoms with Crippen molar-refractivity contribution in [1.29, 1.82) is 0 Å². The molecule has 0 fully saturated rings. The molecule has 2 aromatic rings. The van der Waals surface area contributed by atoms with Crippen molar-refractivity contribution in [3.63, 3.8) is 0 Å². The minimum Gasteiger partial charge on any atom is -0.465 e. The van der Waals surface area contributed by atoms with E-state index in [0.29, 0.717) is 11.3 Å². The van der Waals surface area contributed by atoms with Gasteiger partial charge in [0.15, 0.2) is 6.61 Å². The van der Waals surface area contributed by atoms with Crippen molar-refractivity contribution in [1.82, 2.24) is 0 Å². The van der Waals surface area contributed by atoms with Crippen LogP contribution in [0.4, 0.5) is 5.69 Å². The van der Waals surface area contributed by atoms with Gasteiger partial charge in [-0.2, -0.15) is 0 Å². The Bertz CT molecular complexity index is 791. The van der Waals surface area contributed by atoms with Crippen molar-refractivity contribution in [3.05, 3.63) is 59.7 Å². The monoisotopic (exact) mass is 359 g/mol. The van der Waals surface area contributed by atoms with Gasteiger partial charge in [-0.15, -0.1) is 11.8 Å². The number of thioether (sulfide) groups is 1. The first-order chi connectivity index (χ1) is 12.1. The van der Waals surface area contributed by atoms with Crippen LogP contribution in [0.1, 0.15) is 20.7 Å². The third kappa shape index (κ3) is 4.84. The SMILES string of the molecule is COC(=O)c1ccccc1NC(=O)COC(=O)c1ccccc1SC. The first-order valence-electron chi connectivity index (χ1n) is 7.34. The Hall–Kier alpha value is -2.80. The van der Waals surface area contributed by atoms with Crippen LogP contribution in [0.5, 0.6) is 0 Å². The summed E-state index contributed by atoms with van der Waals surface area (Å²) in [5.74, 6) is -1.70. The molecule has 1 N–H and O–H groups in total. The molecule has 0 unspecified atom stereocenters. The van der Waals surface area contributed by atoms with Crippen LogP contribution in [0.15, 0.2) is 53.4 Å². The second kappa shape index (κ2) is 8.89. The van der Waals surface area contributed by atoms with Gasteiger partial charge in [0.25, 0.3) is 5.91 Å². The predicted octanol–water partition coefficient (Wildman–Crippen LogP) is 2.99. The third-order valence-corrected chi connectivity index (χ3v) is 4.06. The summed E-state index contributed by atoms with van der Waals surface area (Å²) in [4.78, 5) is 36.6. The zero-order chi connectivity index (χ0) is 18.2. The van der Waals surface area contributed by atoms with E-state index in [1.165, 1.54) is 24.9 Å². The van der Waals surface area contributed by atoms with E-state index >= 15 is 0 Å². The molecular formula is C18H17NO5S. The maximum Gasteiger partial charge on any atom is 0.339 e. The number of esters is 2. The lowest BCUT2D eigenvalue weighted by Crippen LogP contribution is -2.22. The molecule has 7 heteroatoms. The fourth-order valence-corrected chi connectivity index (χ4v) is 2.67. The van der Waals surface area contributed by atoms with Crippen molar-refractivity contribution in [2.24, 2.45) is 0 Å². The molecule has 130 valence electrons. The zero-order valence-corrected chi connectivity index (χ0v) is 14.6. The number of benzene rings is 2. The van der Waals surface area contributed by atoms with Crippen LogP contribution in [0.25, 0.3) is 0 Å². The van der Waals surface area contributed by atoms with Crippen LogP contribution in [0.3, 0.4) is 0 Å². The summed E-state index contributed by atoms with van der Waals surface area (Å²) in [5.41, 5.74) is 0.912. The summed E-state index contributed by atoms with van der Waals surface area (Å²) in [6.45, 7) is -0.461. The topological polar surface area (TPSA) is 81.7 Å². The number of rotatable bonds is 6. The van der Waals surface area contributed by atoms with Gasteiger partial charge >= 0.3 is 11.9 Å². The van der Waals surface area contributed by atoms with Gasteiger partial charge < -0.3 is 14.8 Å². The van der Waals surface area contributed by atoms with Crippen LogP contribution >= 0.6 is 11.8 Å². The molecule has 25 heavy (non-hydrogen) atoms. The largest absolute Gasteiger partial charge is 0.465 e. The Kier molecular flexibility index (Phi) is 6.59. The lowest BCUT2D eigenvalue weighted by molar-refractivity contribution is -0.119. The molecule has 1 amide bonds. The smallest absolute Gasteiger partial charge is 0.339 e.